The summed E-state index contributed by atoms with van der Waals surface area (Å²) in [6, 6.07) is 17.1. The van der Waals surface area contributed by atoms with E-state index in [4.69, 9.17) is 12.2 Å². The van der Waals surface area contributed by atoms with Crippen molar-refractivity contribution in [3.8, 4) is 16.3 Å². The zero-order chi connectivity index (χ0) is 22.1. The number of phenols is 1. The lowest BCUT2D eigenvalue weighted by Crippen LogP contribution is -2.34. The zero-order valence-corrected chi connectivity index (χ0v) is 18.9. The molecule has 0 aliphatic rings. The molecule has 0 aliphatic heterocycles. The van der Waals surface area contributed by atoms with Crippen LogP contribution in [0.4, 0.5) is 5.69 Å². The zero-order valence-electron chi connectivity index (χ0n) is 17.3. The number of hydrogen-bond acceptors (Lipinski definition) is 5. The second kappa shape index (κ2) is 8.45. The SMILES string of the molecule is Cc1ccc(C(=O)NC(=S)Nc2cc(C)c(O)c(-c3nc4ccccc4s3)c2)c(C)c1. The van der Waals surface area contributed by atoms with Gasteiger partial charge in [0.15, 0.2) is 5.11 Å². The molecule has 0 saturated carbocycles. The van der Waals surface area contributed by atoms with Gasteiger partial charge in [-0.1, -0.05) is 29.8 Å². The number of benzene rings is 3. The highest BCUT2D eigenvalue weighted by molar-refractivity contribution is 7.80. The first-order valence-corrected chi connectivity index (χ1v) is 10.9. The Morgan fingerprint density at radius 3 is 2.55 bits per heavy atom. The molecular weight excluding hydrogens is 426 g/mol. The maximum absolute atomic E-state index is 12.6. The van der Waals surface area contributed by atoms with Gasteiger partial charge >= 0.3 is 0 Å². The highest BCUT2D eigenvalue weighted by Crippen LogP contribution is 2.38. The van der Waals surface area contributed by atoms with Gasteiger partial charge < -0.3 is 10.4 Å². The number of amides is 1. The Kier molecular flexibility index (Phi) is 5.71. The fraction of sp³-hybridized carbons (Fsp3) is 0.125. The highest BCUT2D eigenvalue weighted by Gasteiger charge is 2.15. The van der Waals surface area contributed by atoms with Crippen LogP contribution in [0, 0.1) is 20.8 Å². The summed E-state index contributed by atoms with van der Waals surface area (Å²) in [6.45, 7) is 5.69. The molecule has 1 aromatic heterocycles. The number of aromatic hydroxyl groups is 1. The van der Waals surface area contributed by atoms with E-state index in [9.17, 15) is 9.90 Å². The summed E-state index contributed by atoms with van der Waals surface area (Å²) in [5.41, 5.74) is 5.40. The number of rotatable bonds is 3. The molecule has 0 atom stereocenters. The molecule has 4 aromatic rings. The smallest absolute Gasteiger partial charge is 0.257 e. The van der Waals surface area contributed by atoms with Crippen molar-refractivity contribution in [3.05, 3.63) is 76.9 Å². The van der Waals surface area contributed by atoms with Crippen molar-refractivity contribution in [2.75, 3.05) is 5.32 Å². The van der Waals surface area contributed by atoms with Gasteiger partial charge in [-0.3, -0.25) is 10.1 Å². The van der Waals surface area contributed by atoms with Gasteiger partial charge in [0.25, 0.3) is 5.91 Å². The molecule has 156 valence electrons. The van der Waals surface area contributed by atoms with Crippen LogP contribution in [0.15, 0.2) is 54.6 Å². The van der Waals surface area contributed by atoms with E-state index in [0.29, 0.717) is 22.4 Å². The maximum atomic E-state index is 12.6. The lowest BCUT2D eigenvalue weighted by Gasteiger charge is -2.13. The molecule has 0 bridgehead atoms. The summed E-state index contributed by atoms with van der Waals surface area (Å²) in [7, 11) is 0. The lowest BCUT2D eigenvalue weighted by molar-refractivity contribution is 0.0977. The monoisotopic (exact) mass is 447 g/mol. The van der Waals surface area contributed by atoms with Crippen LogP contribution in [-0.2, 0) is 0 Å². The fourth-order valence-corrected chi connectivity index (χ4v) is 4.60. The molecule has 1 amide bonds. The van der Waals surface area contributed by atoms with Gasteiger partial charge in [-0.05, 0) is 74.4 Å². The van der Waals surface area contributed by atoms with Crippen LogP contribution in [0.5, 0.6) is 5.75 Å². The number of thiazole rings is 1. The lowest BCUT2D eigenvalue weighted by atomic mass is 10.1. The first kappa shape index (κ1) is 21.0. The largest absolute Gasteiger partial charge is 0.507 e. The first-order valence-electron chi connectivity index (χ1n) is 9.71. The highest BCUT2D eigenvalue weighted by atomic mass is 32.1. The standard InChI is InChI=1S/C24H21N3O2S2/c1-13-8-9-17(14(2)10-13)22(29)27-24(30)25-16-11-15(3)21(28)18(12-16)23-26-19-6-4-5-7-20(19)31-23/h4-12,28H,1-3H3,(H2,25,27,29,30). The summed E-state index contributed by atoms with van der Waals surface area (Å²) in [5, 5.41) is 17.3. The maximum Gasteiger partial charge on any atom is 0.257 e. The number of nitrogens with one attached hydrogen (secondary N) is 2. The quantitative estimate of drug-likeness (QED) is 0.277. The Morgan fingerprint density at radius 1 is 1.03 bits per heavy atom. The van der Waals surface area contributed by atoms with Crippen LogP contribution in [0.25, 0.3) is 20.8 Å². The van der Waals surface area contributed by atoms with Crippen LogP contribution < -0.4 is 10.6 Å². The van der Waals surface area contributed by atoms with Gasteiger partial charge in [-0.15, -0.1) is 11.3 Å². The number of carbonyl (C=O) groups is 1. The van der Waals surface area contributed by atoms with Crippen molar-refractivity contribution in [1.29, 1.82) is 0 Å². The van der Waals surface area contributed by atoms with E-state index in [2.05, 4.69) is 15.6 Å². The molecule has 0 fully saturated rings. The molecule has 0 radical (unpaired) electrons. The Hall–Kier alpha value is -3.29. The number of phenolic OH excluding ortho intramolecular Hbond substituents is 1. The van der Waals surface area contributed by atoms with Crippen molar-refractivity contribution in [3.63, 3.8) is 0 Å². The number of thiocarbonyl (C=S) groups is 1. The molecule has 3 N–H and O–H groups in total. The van der Waals surface area contributed by atoms with E-state index in [1.807, 2.05) is 57.2 Å². The van der Waals surface area contributed by atoms with Crippen LogP contribution in [-0.4, -0.2) is 21.1 Å². The van der Waals surface area contributed by atoms with Gasteiger partial charge in [-0.25, -0.2) is 4.98 Å². The minimum atomic E-state index is -0.267. The van der Waals surface area contributed by atoms with Crippen LogP contribution in [0.1, 0.15) is 27.0 Å². The second-order valence-corrected chi connectivity index (χ2v) is 8.84. The Balaban J connectivity index is 1.57. The van der Waals surface area contributed by atoms with Gasteiger partial charge in [0.1, 0.15) is 10.8 Å². The summed E-state index contributed by atoms with van der Waals surface area (Å²) in [5.74, 6) is -0.0910. The van der Waals surface area contributed by atoms with Gasteiger partial charge in [0.2, 0.25) is 0 Å². The second-order valence-electron chi connectivity index (χ2n) is 7.40. The number of nitrogens with zero attached hydrogens (tertiary/aromatic N) is 1. The number of para-hydroxylation sites is 1. The van der Waals surface area contributed by atoms with E-state index in [1.54, 1.807) is 18.2 Å². The van der Waals surface area contributed by atoms with Gasteiger partial charge in [0, 0.05) is 11.3 Å². The molecule has 7 heteroatoms. The number of carbonyl (C=O) groups excluding carboxylic acids is 1. The van der Waals surface area contributed by atoms with E-state index >= 15 is 0 Å². The molecule has 5 nitrogen and oxygen atoms in total. The Morgan fingerprint density at radius 2 is 1.81 bits per heavy atom. The van der Waals surface area contributed by atoms with Gasteiger partial charge in [0.05, 0.1) is 15.8 Å². The van der Waals surface area contributed by atoms with Crippen LogP contribution >= 0.6 is 23.6 Å². The molecular formula is C24H21N3O2S2. The van der Waals surface area contributed by atoms with Crippen LogP contribution in [0.3, 0.4) is 0 Å². The minimum Gasteiger partial charge on any atom is -0.507 e. The fourth-order valence-electron chi connectivity index (χ4n) is 3.40. The molecule has 3 aromatic carbocycles. The number of hydrogen-bond donors (Lipinski definition) is 3. The topological polar surface area (TPSA) is 74.2 Å². The Bertz CT molecular complexity index is 1290. The summed E-state index contributed by atoms with van der Waals surface area (Å²) < 4.78 is 1.05. The Labute approximate surface area is 189 Å². The minimum absolute atomic E-state index is 0.176. The number of aryl methyl sites for hydroxylation is 3. The third-order valence-electron chi connectivity index (χ3n) is 4.94. The van der Waals surface area contributed by atoms with Crippen molar-refractivity contribution in [1.82, 2.24) is 10.3 Å². The number of fused-ring (bicyclic) bond motifs is 1. The van der Waals surface area contributed by atoms with E-state index in [1.165, 1.54) is 11.3 Å². The summed E-state index contributed by atoms with van der Waals surface area (Å²) >= 11 is 6.86. The molecule has 31 heavy (non-hydrogen) atoms. The molecule has 0 saturated heterocycles. The third kappa shape index (κ3) is 4.42. The summed E-state index contributed by atoms with van der Waals surface area (Å²) in [4.78, 5) is 17.2. The normalized spacial score (nSPS) is 10.8. The van der Waals surface area contributed by atoms with Crippen molar-refractivity contribution in [2.45, 2.75) is 20.8 Å². The number of aromatic nitrogens is 1. The van der Waals surface area contributed by atoms with E-state index in [0.717, 1.165) is 26.4 Å². The van der Waals surface area contributed by atoms with Crippen molar-refractivity contribution in [2.24, 2.45) is 0 Å². The average Bonchev–Trinajstić information content (AvgIpc) is 3.14. The number of anilines is 1. The predicted octanol–water partition coefficient (Wildman–Crippen LogP) is 5.72. The molecule has 0 aliphatic carbocycles. The third-order valence-corrected chi connectivity index (χ3v) is 6.21. The molecule has 0 spiro atoms. The molecule has 0 unspecified atom stereocenters. The molecule has 4 rings (SSSR count). The average molecular weight is 448 g/mol. The first-order chi connectivity index (χ1) is 14.8. The van der Waals surface area contributed by atoms with Crippen molar-refractivity contribution >= 4 is 50.5 Å². The predicted molar refractivity (Wildman–Crippen MR) is 131 cm³/mol. The van der Waals surface area contributed by atoms with E-state index in [-0.39, 0.29) is 16.8 Å². The van der Waals surface area contributed by atoms with Gasteiger partial charge in [-0.2, -0.15) is 0 Å². The summed E-state index contributed by atoms with van der Waals surface area (Å²) in [6.07, 6.45) is 0. The van der Waals surface area contributed by atoms with E-state index < -0.39 is 0 Å². The van der Waals surface area contributed by atoms with Crippen molar-refractivity contribution < 1.29 is 9.90 Å². The molecule has 1 heterocycles. The van der Waals surface area contributed by atoms with Crippen LogP contribution in [0.2, 0.25) is 0 Å².